The number of benzene rings is 2. The Bertz CT molecular complexity index is 848. The van der Waals surface area contributed by atoms with Crippen LogP contribution in [0, 0.1) is 0 Å². The molecule has 0 fully saturated rings. The molecule has 24 heavy (non-hydrogen) atoms. The molecule has 2 aromatic carbocycles. The second kappa shape index (κ2) is 5.70. The van der Waals surface area contributed by atoms with E-state index in [0.717, 1.165) is 29.8 Å². The number of rotatable bonds is 3. The van der Waals surface area contributed by atoms with Crippen molar-refractivity contribution in [3.8, 4) is 5.75 Å². The fourth-order valence-electron chi connectivity index (χ4n) is 2.74. The Morgan fingerprint density at radius 3 is 2.33 bits per heavy atom. The van der Waals surface area contributed by atoms with E-state index in [1.165, 1.54) is 4.31 Å². The van der Waals surface area contributed by atoms with Crippen molar-refractivity contribution in [3.05, 3.63) is 54.1 Å². The first-order valence-electron chi connectivity index (χ1n) is 7.16. The molecule has 2 aromatic rings. The van der Waals surface area contributed by atoms with Crippen molar-refractivity contribution in [2.45, 2.75) is 24.1 Å². The quantitative estimate of drug-likeness (QED) is 0.837. The monoisotopic (exact) mass is 357 g/mol. The summed E-state index contributed by atoms with van der Waals surface area (Å²) in [5.74, 6) is -0.416. The maximum Gasteiger partial charge on any atom is 0.573 e. The lowest BCUT2D eigenvalue weighted by molar-refractivity contribution is -0.274. The van der Waals surface area contributed by atoms with Gasteiger partial charge in [-0.3, -0.25) is 4.31 Å². The van der Waals surface area contributed by atoms with Crippen LogP contribution in [0.3, 0.4) is 0 Å². The first-order valence-corrected chi connectivity index (χ1v) is 8.60. The molecule has 0 spiro atoms. The van der Waals surface area contributed by atoms with Crippen LogP contribution in [0.5, 0.6) is 5.75 Å². The van der Waals surface area contributed by atoms with Crippen molar-refractivity contribution < 1.29 is 26.3 Å². The van der Waals surface area contributed by atoms with Gasteiger partial charge in [0.25, 0.3) is 10.0 Å². The molecule has 1 atom stereocenters. The minimum absolute atomic E-state index is 0.0452. The van der Waals surface area contributed by atoms with E-state index in [0.29, 0.717) is 12.2 Å². The molecule has 0 saturated heterocycles. The third kappa shape index (κ3) is 3.06. The zero-order valence-corrected chi connectivity index (χ0v) is 13.4. The first-order chi connectivity index (χ1) is 11.2. The molecule has 128 valence electrons. The van der Waals surface area contributed by atoms with Gasteiger partial charge in [0, 0.05) is 12.5 Å². The summed E-state index contributed by atoms with van der Waals surface area (Å²) >= 11 is 0. The van der Waals surface area contributed by atoms with Gasteiger partial charge in [-0.1, -0.05) is 25.1 Å². The third-order valence-corrected chi connectivity index (χ3v) is 5.62. The van der Waals surface area contributed by atoms with Gasteiger partial charge in [-0.25, -0.2) is 8.42 Å². The van der Waals surface area contributed by atoms with Crippen molar-refractivity contribution in [3.63, 3.8) is 0 Å². The van der Waals surface area contributed by atoms with Crippen molar-refractivity contribution in [1.29, 1.82) is 0 Å². The number of halogens is 3. The van der Waals surface area contributed by atoms with Gasteiger partial charge in [0.15, 0.2) is 0 Å². The number of para-hydroxylation sites is 1. The van der Waals surface area contributed by atoms with Crippen LogP contribution in [0.15, 0.2) is 53.4 Å². The molecule has 3 rings (SSSR count). The molecule has 0 bridgehead atoms. The van der Waals surface area contributed by atoms with Crippen LogP contribution >= 0.6 is 0 Å². The minimum Gasteiger partial charge on any atom is -0.406 e. The molecule has 0 aromatic heterocycles. The Kier molecular flexibility index (Phi) is 3.95. The summed E-state index contributed by atoms with van der Waals surface area (Å²) in [5.41, 5.74) is 1.53. The number of ether oxygens (including phenoxy) is 1. The van der Waals surface area contributed by atoms with Gasteiger partial charge in [0.05, 0.1) is 10.6 Å². The highest BCUT2D eigenvalue weighted by Gasteiger charge is 2.35. The predicted molar refractivity (Wildman–Crippen MR) is 82.5 cm³/mol. The van der Waals surface area contributed by atoms with Gasteiger partial charge in [0.1, 0.15) is 5.75 Å². The highest BCUT2D eigenvalue weighted by atomic mass is 32.2. The van der Waals surface area contributed by atoms with Crippen molar-refractivity contribution in [2.24, 2.45) is 0 Å². The molecule has 1 heterocycles. The highest BCUT2D eigenvalue weighted by Crippen LogP contribution is 2.39. The van der Waals surface area contributed by atoms with E-state index in [9.17, 15) is 21.6 Å². The van der Waals surface area contributed by atoms with Crippen molar-refractivity contribution in [2.75, 3.05) is 10.8 Å². The highest BCUT2D eigenvalue weighted by molar-refractivity contribution is 7.92. The Labute approximate surface area is 137 Å². The SMILES string of the molecule is CC1CN(S(=O)(=O)c2ccc(OC(F)(F)F)cc2)c2ccccc21. The van der Waals surface area contributed by atoms with E-state index in [2.05, 4.69) is 4.74 Å². The molecular weight excluding hydrogens is 343 g/mol. The lowest BCUT2D eigenvalue weighted by Crippen LogP contribution is -2.29. The number of hydrogen-bond donors (Lipinski definition) is 0. The molecule has 0 saturated carbocycles. The molecular formula is C16H14F3NO3S. The molecule has 0 N–H and O–H groups in total. The van der Waals surface area contributed by atoms with E-state index in [1.54, 1.807) is 12.1 Å². The lowest BCUT2D eigenvalue weighted by atomic mass is 10.0. The van der Waals surface area contributed by atoms with Gasteiger partial charge in [-0.05, 0) is 35.9 Å². The Balaban J connectivity index is 1.92. The van der Waals surface area contributed by atoms with Crippen LogP contribution in [0.2, 0.25) is 0 Å². The van der Waals surface area contributed by atoms with Crippen LogP contribution in [0.1, 0.15) is 18.4 Å². The van der Waals surface area contributed by atoms with Crippen molar-refractivity contribution in [1.82, 2.24) is 0 Å². The largest absolute Gasteiger partial charge is 0.573 e. The summed E-state index contributed by atoms with van der Waals surface area (Å²) in [4.78, 5) is -0.0825. The number of fused-ring (bicyclic) bond motifs is 1. The van der Waals surface area contributed by atoms with Gasteiger partial charge < -0.3 is 4.74 Å². The Morgan fingerprint density at radius 1 is 1.08 bits per heavy atom. The van der Waals surface area contributed by atoms with Crippen LogP contribution in [-0.2, 0) is 10.0 Å². The van der Waals surface area contributed by atoms with Gasteiger partial charge in [-0.15, -0.1) is 13.2 Å². The lowest BCUT2D eigenvalue weighted by Gasteiger charge is -2.20. The summed E-state index contributed by atoms with van der Waals surface area (Å²) in [6.07, 6.45) is -4.82. The summed E-state index contributed by atoms with van der Waals surface area (Å²) in [6.45, 7) is 2.22. The van der Waals surface area contributed by atoms with E-state index >= 15 is 0 Å². The van der Waals surface area contributed by atoms with E-state index in [4.69, 9.17) is 0 Å². The van der Waals surface area contributed by atoms with Crippen molar-refractivity contribution >= 4 is 15.7 Å². The van der Waals surface area contributed by atoms with E-state index in [-0.39, 0.29) is 10.8 Å². The minimum atomic E-state index is -4.82. The van der Waals surface area contributed by atoms with E-state index in [1.807, 2.05) is 19.1 Å². The standard InChI is InChI=1S/C16H14F3NO3S/c1-11-10-20(15-5-3-2-4-14(11)15)24(21,22)13-8-6-12(7-9-13)23-16(17,18)19/h2-9,11H,10H2,1H3. The second-order valence-corrected chi connectivity index (χ2v) is 7.38. The molecule has 8 heteroatoms. The van der Waals surface area contributed by atoms with Crippen LogP contribution in [0.4, 0.5) is 18.9 Å². The van der Waals surface area contributed by atoms with Crippen LogP contribution < -0.4 is 9.04 Å². The molecule has 0 aliphatic carbocycles. The van der Waals surface area contributed by atoms with Gasteiger partial charge >= 0.3 is 6.36 Å². The van der Waals surface area contributed by atoms with Gasteiger partial charge in [0.2, 0.25) is 0 Å². The topological polar surface area (TPSA) is 46.6 Å². The molecule has 0 radical (unpaired) electrons. The maximum absolute atomic E-state index is 12.8. The van der Waals surface area contributed by atoms with E-state index < -0.39 is 22.1 Å². The summed E-state index contributed by atoms with van der Waals surface area (Å²) in [7, 11) is -3.85. The Hall–Kier alpha value is -2.22. The zero-order valence-electron chi connectivity index (χ0n) is 12.6. The van der Waals surface area contributed by atoms with Gasteiger partial charge in [-0.2, -0.15) is 0 Å². The molecule has 4 nitrogen and oxygen atoms in total. The van der Waals surface area contributed by atoms with Crippen LogP contribution in [-0.4, -0.2) is 21.3 Å². The summed E-state index contributed by atoms with van der Waals surface area (Å²) in [6, 6.07) is 11.4. The zero-order chi connectivity index (χ0) is 17.5. The number of anilines is 1. The number of alkyl halides is 3. The summed E-state index contributed by atoms with van der Waals surface area (Å²) < 4.78 is 67.2. The number of nitrogens with zero attached hydrogens (tertiary/aromatic N) is 1. The third-order valence-electron chi connectivity index (χ3n) is 3.82. The molecule has 1 aliphatic rings. The molecule has 0 amide bonds. The molecule has 1 unspecified atom stereocenters. The smallest absolute Gasteiger partial charge is 0.406 e. The average Bonchev–Trinajstić information content (AvgIpc) is 2.85. The fourth-order valence-corrected chi connectivity index (χ4v) is 4.32. The van der Waals surface area contributed by atoms with Crippen LogP contribution in [0.25, 0.3) is 0 Å². The second-order valence-electron chi connectivity index (χ2n) is 5.52. The molecule has 1 aliphatic heterocycles. The first kappa shape index (κ1) is 16.6. The number of sulfonamides is 1. The Morgan fingerprint density at radius 2 is 1.71 bits per heavy atom. The average molecular weight is 357 g/mol. The summed E-state index contributed by atoms with van der Waals surface area (Å²) in [5, 5.41) is 0. The fraction of sp³-hybridized carbons (Fsp3) is 0.250. The predicted octanol–water partition coefficient (Wildman–Crippen LogP) is 3.90. The number of hydrogen-bond acceptors (Lipinski definition) is 3. The maximum atomic E-state index is 12.8. The normalized spacial score (nSPS) is 17.7.